The number of anilines is 1. The van der Waals surface area contributed by atoms with Gasteiger partial charge in [0.15, 0.2) is 18.1 Å². The van der Waals surface area contributed by atoms with Crippen LogP contribution in [0.3, 0.4) is 0 Å². The normalized spacial score (nSPS) is 10.5. The van der Waals surface area contributed by atoms with Gasteiger partial charge in [0.05, 0.1) is 21.3 Å². The quantitative estimate of drug-likeness (QED) is 0.514. The zero-order valence-corrected chi connectivity index (χ0v) is 17.0. The molecule has 0 aliphatic carbocycles. The van der Waals surface area contributed by atoms with Crippen molar-refractivity contribution < 1.29 is 28.5 Å². The Bertz CT molecular complexity index is 866. The van der Waals surface area contributed by atoms with E-state index >= 15 is 0 Å². The summed E-state index contributed by atoms with van der Waals surface area (Å²) in [6, 6.07) is 10.9. The van der Waals surface area contributed by atoms with Crippen molar-refractivity contribution in [2.45, 2.75) is 13.3 Å². The number of methoxy groups -OCH3 is 3. The van der Waals surface area contributed by atoms with Gasteiger partial charge in [-0.2, -0.15) is 0 Å². The van der Waals surface area contributed by atoms with E-state index in [2.05, 4.69) is 5.32 Å². The molecule has 1 N–H and O–H groups in total. The second-order valence-electron chi connectivity index (χ2n) is 5.96. The number of carbonyl (C=O) groups excluding carboxylic acids is 2. The van der Waals surface area contributed by atoms with E-state index in [9.17, 15) is 9.59 Å². The second-order valence-corrected chi connectivity index (χ2v) is 5.96. The fraction of sp³-hybridized carbons (Fsp3) is 0.273. The van der Waals surface area contributed by atoms with Crippen molar-refractivity contribution in [3.05, 3.63) is 53.6 Å². The minimum Gasteiger partial charge on any atom is -0.493 e. The van der Waals surface area contributed by atoms with Crippen molar-refractivity contribution in [1.29, 1.82) is 0 Å². The number of esters is 1. The molecule has 0 aromatic heterocycles. The highest BCUT2D eigenvalue weighted by Gasteiger charge is 2.12. The average molecular weight is 399 g/mol. The largest absolute Gasteiger partial charge is 0.493 e. The summed E-state index contributed by atoms with van der Waals surface area (Å²) in [6.07, 6.45) is 3.55. The van der Waals surface area contributed by atoms with Crippen molar-refractivity contribution in [3.8, 4) is 17.2 Å². The van der Waals surface area contributed by atoms with Gasteiger partial charge in [0.25, 0.3) is 5.91 Å². The van der Waals surface area contributed by atoms with Crippen molar-refractivity contribution in [3.63, 3.8) is 0 Å². The van der Waals surface area contributed by atoms with Crippen LogP contribution in [-0.4, -0.2) is 39.8 Å². The van der Waals surface area contributed by atoms with Crippen LogP contribution in [0.4, 0.5) is 5.69 Å². The van der Waals surface area contributed by atoms with Gasteiger partial charge < -0.3 is 24.3 Å². The molecular weight excluding hydrogens is 374 g/mol. The van der Waals surface area contributed by atoms with E-state index in [1.165, 1.54) is 33.5 Å². The van der Waals surface area contributed by atoms with Crippen LogP contribution in [0.15, 0.2) is 42.5 Å². The van der Waals surface area contributed by atoms with Crippen LogP contribution in [0.2, 0.25) is 0 Å². The maximum Gasteiger partial charge on any atom is 0.331 e. The Balaban J connectivity index is 1.97. The molecule has 154 valence electrons. The molecule has 0 spiro atoms. The highest BCUT2D eigenvalue weighted by molar-refractivity contribution is 5.95. The second kappa shape index (κ2) is 10.8. The number of amides is 1. The van der Waals surface area contributed by atoms with Crippen LogP contribution in [0.5, 0.6) is 17.2 Å². The third kappa shape index (κ3) is 6.00. The highest BCUT2D eigenvalue weighted by Crippen LogP contribution is 2.38. The topological polar surface area (TPSA) is 83.1 Å². The van der Waals surface area contributed by atoms with Gasteiger partial charge >= 0.3 is 5.97 Å². The summed E-state index contributed by atoms with van der Waals surface area (Å²) in [5.41, 5.74) is 2.37. The minimum absolute atomic E-state index is 0.378. The van der Waals surface area contributed by atoms with Gasteiger partial charge in [-0.25, -0.2) is 4.79 Å². The summed E-state index contributed by atoms with van der Waals surface area (Å²) in [4.78, 5) is 24.0. The molecule has 0 aliphatic rings. The summed E-state index contributed by atoms with van der Waals surface area (Å²) < 4.78 is 20.8. The zero-order chi connectivity index (χ0) is 21.2. The summed E-state index contributed by atoms with van der Waals surface area (Å²) in [5, 5.41) is 2.75. The molecule has 29 heavy (non-hydrogen) atoms. The summed E-state index contributed by atoms with van der Waals surface area (Å²) in [5.74, 6) is 0.347. The molecule has 2 aromatic carbocycles. The molecule has 0 saturated heterocycles. The third-order valence-electron chi connectivity index (χ3n) is 4.12. The lowest BCUT2D eigenvalue weighted by Crippen LogP contribution is -2.20. The highest BCUT2D eigenvalue weighted by atomic mass is 16.5. The number of aryl methyl sites for hydroxylation is 1. The number of hydrogen-bond acceptors (Lipinski definition) is 6. The smallest absolute Gasteiger partial charge is 0.331 e. The third-order valence-corrected chi connectivity index (χ3v) is 4.12. The van der Waals surface area contributed by atoms with Crippen molar-refractivity contribution in [1.82, 2.24) is 0 Å². The number of hydrogen-bond donors (Lipinski definition) is 1. The first-order chi connectivity index (χ1) is 14.0. The molecule has 0 bridgehead atoms. The lowest BCUT2D eigenvalue weighted by molar-refractivity contribution is -0.142. The standard InChI is InChI=1S/C22H25NO6/c1-5-16-8-6-7-9-17(16)23-20(24)14-29-21(25)11-10-15-12-18(26-2)22(28-4)19(13-15)27-3/h6-13H,5,14H2,1-4H3,(H,23,24). The molecule has 0 heterocycles. The Morgan fingerprint density at radius 2 is 1.66 bits per heavy atom. The minimum atomic E-state index is -0.641. The van der Waals surface area contributed by atoms with Gasteiger partial charge in [-0.1, -0.05) is 25.1 Å². The number of nitrogens with one attached hydrogen (secondary N) is 1. The first-order valence-corrected chi connectivity index (χ1v) is 9.05. The van der Waals surface area contributed by atoms with E-state index < -0.39 is 11.9 Å². The SMILES string of the molecule is CCc1ccccc1NC(=O)COC(=O)C=Cc1cc(OC)c(OC)c(OC)c1. The molecule has 0 unspecified atom stereocenters. The Kier molecular flexibility index (Phi) is 8.09. The molecule has 0 atom stereocenters. The lowest BCUT2D eigenvalue weighted by Gasteiger charge is -2.12. The molecule has 7 nitrogen and oxygen atoms in total. The molecule has 1 amide bonds. The summed E-state index contributed by atoms with van der Waals surface area (Å²) in [7, 11) is 4.53. The van der Waals surface area contributed by atoms with Crippen molar-refractivity contribution in [2.75, 3.05) is 33.3 Å². The van der Waals surface area contributed by atoms with Gasteiger partial charge in [0.2, 0.25) is 5.75 Å². The summed E-state index contributed by atoms with van der Waals surface area (Å²) >= 11 is 0. The van der Waals surface area contributed by atoms with Crippen LogP contribution in [-0.2, 0) is 20.7 Å². The van der Waals surface area contributed by atoms with Crippen LogP contribution >= 0.6 is 0 Å². The monoisotopic (exact) mass is 399 g/mol. The number of rotatable bonds is 9. The Hall–Kier alpha value is -3.48. The fourth-order valence-electron chi connectivity index (χ4n) is 2.68. The van der Waals surface area contributed by atoms with Crippen molar-refractivity contribution >= 4 is 23.6 Å². The van der Waals surface area contributed by atoms with Crippen LogP contribution in [0.25, 0.3) is 6.08 Å². The number of para-hydroxylation sites is 1. The first-order valence-electron chi connectivity index (χ1n) is 9.05. The molecule has 7 heteroatoms. The van der Waals surface area contributed by atoms with Gasteiger partial charge in [0, 0.05) is 11.8 Å². The maximum absolute atomic E-state index is 12.0. The molecule has 0 fully saturated rings. The van der Waals surface area contributed by atoms with Crippen LogP contribution in [0.1, 0.15) is 18.1 Å². The van der Waals surface area contributed by atoms with Crippen LogP contribution in [0, 0.1) is 0 Å². The number of benzene rings is 2. The van der Waals surface area contributed by atoms with E-state index in [-0.39, 0.29) is 6.61 Å². The molecule has 0 saturated carbocycles. The first kappa shape index (κ1) is 21.8. The lowest BCUT2D eigenvalue weighted by atomic mass is 10.1. The summed E-state index contributed by atoms with van der Waals surface area (Å²) in [6.45, 7) is 1.62. The molecule has 0 aliphatic heterocycles. The van der Waals surface area contributed by atoms with E-state index in [4.69, 9.17) is 18.9 Å². The van der Waals surface area contributed by atoms with E-state index in [0.29, 0.717) is 28.5 Å². The van der Waals surface area contributed by atoms with Gasteiger partial charge in [-0.3, -0.25) is 4.79 Å². The molecular formula is C22H25NO6. The molecule has 2 rings (SSSR count). The van der Waals surface area contributed by atoms with E-state index in [0.717, 1.165) is 12.0 Å². The van der Waals surface area contributed by atoms with Gasteiger partial charge in [0.1, 0.15) is 0 Å². The predicted octanol–water partition coefficient (Wildman–Crippen LogP) is 3.47. The number of carbonyl (C=O) groups is 2. The number of ether oxygens (including phenoxy) is 4. The molecule has 0 radical (unpaired) electrons. The maximum atomic E-state index is 12.0. The van der Waals surface area contributed by atoms with E-state index in [1.54, 1.807) is 12.1 Å². The zero-order valence-electron chi connectivity index (χ0n) is 17.0. The Morgan fingerprint density at radius 1 is 1.00 bits per heavy atom. The Labute approximate surface area is 170 Å². The Morgan fingerprint density at radius 3 is 2.24 bits per heavy atom. The fourth-order valence-corrected chi connectivity index (χ4v) is 2.68. The van der Waals surface area contributed by atoms with E-state index in [1.807, 2.05) is 31.2 Å². The van der Waals surface area contributed by atoms with Crippen LogP contribution < -0.4 is 19.5 Å². The average Bonchev–Trinajstić information content (AvgIpc) is 2.75. The van der Waals surface area contributed by atoms with Gasteiger partial charge in [-0.05, 0) is 41.8 Å². The predicted molar refractivity (Wildman–Crippen MR) is 111 cm³/mol. The molecule has 2 aromatic rings. The van der Waals surface area contributed by atoms with Crippen molar-refractivity contribution in [2.24, 2.45) is 0 Å². The van der Waals surface area contributed by atoms with Gasteiger partial charge in [-0.15, -0.1) is 0 Å².